The lowest BCUT2D eigenvalue weighted by Crippen LogP contribution is -2.40. The lowest BCUT2D eigenvalue weighted by molar-refractivity contribution is -0.151. The van der Waals surface area contributed by atoms with Crippen molar-refractivity contribution in [3.63, 3.8) is 0 Å². The molecule has 0 heterocycles. The SMILES string of the molecule is COC(=O)C(C(=O)N(C)c1ccccc1Br)C(C)C. The van der Waals surface area contributed by atoms with E-state index in [1.165, 1.54) is 12.0 Å². The van der Waals surface area contributed by atoms with Crippen LogP contribution in [0.1, 0.15) is 13.8 Å². The van der Waals surface area contributed by atoms with Gasteiger partial charge in [-0.2, -0.15) is 0 Å². The third-order valence-electron chi connectivity index (χ3n) is 2.93. The Morgan fingerprint density at radius 1 is 1.26 bits per heavy atom. The maximum atomic E-state index is 12.4. The average Bonchev–Trinajstić information content (AvgIpc) is 2.37. The molecule has 0 aromatic heterocycles. The summed E-state index contributed by atoms with van der Waals surface area (Å²) >= 11 is 3.40. The summed E-state index contributed by atoms with van der Waals surface area (Å²) < 4.78 is 5.52. The first-order chi connectivity index (χ1) is 8.90. The van der Waals surface area contributed by atoms with Crippen molar-refractivity contribution >= 4 is 33.5 Å². The van der Waals surface area contributed by atoms with Crippen LogP contribution in [0, 0.1) is 11.8 Å². The number of para-hydroxylation sites is 1. The summed E-state index contributed by atoms with van der Waals surface area (Å²) in [6, 6.07) is 7.37. The van der Waals surface area contributed by atoms with Gasteiger partial charge in [-0.25, -0.2) is 0 Å². The molecule has 0 fully saturated rings. The Kier molecular flexibility index (Phi) is 5.54. The van der Waals surface area contributed by atoms with Crippen LogP contribution in [0.2, 0.25) is 0 Å². The Balaban J connectivity index is 3.04. The van der Waals surface area contributed by atoms with Gasteiger partial charge < -0.3 is 9.64 Å². The van der Waals surface area contributed by atoms with Crippen LogP contribution < -0.4 is 4.90 Å². The summed E-state index contributed by atoms with van der Waals surface area (Å²) in [7, 11) is 2.95. The summed E-state index contributed by atoms with van der Waals surface area (Å²) in [6.07, 6.45) is 0. The number of hydrogen-bond acceptors (Lipinski definition) is 3. The van der Waals surface area contributed by atoms with Gasteiger partial charge in [0.1, 0.15) is 5.92 Å². The van der Waals surface area contributed by atoms with Crippen molar-refractivity contribution in [2.45, 2.75) is 13.8 Å². The molecule has 0 bridgehead atoms. The highest BCUT2D eigenvalue weighted by atomic mass is 79.9. The monoisotopic (exact) mass is 327 g/mol. The number of carbonyl (C=O) groups is 2. The molecule has 4 nitrogen and oxygen atoms in total. The molecule has 1 amide bonds. The van der Waals surface area contributed by atoms with E-state index in [0.717, 1.165) is 10.2 Å². The second-order valence-corrected chi connectivity index (χ2v) is 5.45. The fourth-order valence-corrected chi connectivity index (χ4v) is 2.39. The number of amides is 1. The zero-order valence-electron chi connectivity index (χ0n) is 11.5. The quantitative estimate of drug-likeness (QED) is 0.631. The molecule has 0 N–H and O–H groups in total. The van der Waals surface area contributed by atoms with Gasteiger partial charge in [0.05, 0.1) is 12.8 Å². The molecule has 0 saturated carbocycles. The third kappa shape index (κ3) is 3.56. The lowest BCUT2D eigenvalue weighted by atomic mass is 9.94. The van der Waals surface area contributed by atoms with E-state index < -0.39 is 11.9 Å². The molecule has 1 unspecified atom stereocenters. The summed E-state index contributed by atoms with van der Waals surface area (Å²) in [4.78, 5) is 25.7. The third-order valence-corrected chi connectivity index (χ3v) is 3.60. The van der Waals surface area contributed by atoms with E-state index in [2.05, 4.69) is 15.9 Å². The maximum Gasteiger partial charge on any atom is 0.318 e. The summed E-state index contributed by atoms with van der Waals surface area (Å²) in [5.41, 5.74) is 0.724. The molecule has 0 aliphatic carbocycles. The Labute approximate surface area is 121 Å². The van der Waals surface area contributed by atoms with Crippen LogP contribution in [0.25, 0.3) is 0 Å². The first kappa shape index (κ1) is 15.7. The molecule has 1 rings (SSSR count). The number of halogens is 1. The predicted molar refractivity (Wildman–Crippen MR) is 77.9 cm³/mol. The zero-order chi connectivity index (χ0) is 14.6. The van der Waals surface area contributed by atoms with Crippen LogP contribution in [0.4, 0.5) is 5.69 Å². The molecule has 104 valence electrons. The van der Waals surface area contributed by atoms with Crippen LogP contribution in [-0.2, 0) is 14.3 Å². The van der Waals surface area contributed by atoms with Gasteiger partial charge in [0.15, 0.2) is 0 Å². The largest absolute Gasteiger partial charge is 0.468 e. The van der Waals surface area contributed by atoms with E-state index in [1.807, 2.05) is 38.1 Å². The first-order valence-electron chi connectivity index (χ1n) is 6.00. The number of ether oxygens (including phenoxy) is 1. The Bertz CT molecular complexity index is 474. The molecular weight excluding hydrogens is 310 g/mol. The number of hydrogen-bond donors (Lipinski definition) is 0. The topological polar surface area (TPSA) is 46.6 Å². The number of anilines is 1. The molecule has 5 heteroatoms. The van der Waals surface area contributed by atoms with Crippen molar-refractivity contribution in [2.24, 2.45) is 11.8 Å². The zero-order valence-corrected chi connectivity index (χ0v) is 13.1. The molecule has 0 aliphatic heterocycles. The van der Waals surface area contributed by atoms with E-state index in [1.54, 1.807) is 7.05 Å². The van der Waals surface area contributed by atoms with Crippen molar-refractivity contribution in [1.82, 2.24) is 0 Å². The molecule has 1 atom stereocenters. The van der Waals surface area contributed by atoms with Crippen molar-refractivity contribution < 1.29 is 14.3 Å². The van der Waals surface area contributed by atoms with Crippen LogP contribution >= 0.6 is 15.9 Å². The smallest absolute Gasteiger partial charge is 0.318 e. The van der Waals surface area contributed by atoms with Crippen LogP contribution in [-0.4, -0.2) is 26.0 Å². The predicted octanol–water partition coefficient (Wildman–Crippen LogP) is 2.86. The number of benzene rings is 1. The minimum Gasteiger partial charge on any atom is -0.468 e. The highest BCUT2D eigenvalue weighted by Crippen LogP contribution is 2.27. The summed E-state index contributed by atoms with van der Waals surface area (Å²) in [6.45, 7) is 3.65. The van der Waals surface area contributed by atoms with Gasteiger partial charge in [0.2, 0.25) is 5.91 Å². The van der Waals surface area contributed by atoms with Gasteiger partial charge in [0, 0.05) is 11.5 Å². The fourth-order valence-electron chi connectivity index (χ4n) is 1.84. The lowest BCUT2D eigenvalue weighted by Gasteiger charge is -2.25. The molecule has 0 aliphatic rings. The average molecular weight is 328 g/mol. The van der Waals surface area contributed by atoms with Crippen molar-refractivity contribution in [2.75, 3.05) is 19.1 Å². The van der Waals surface area contributed by atoms with E-state index in [4.69, 9.17) is 4.74 Å². The second-order valence-electron chi connectivity index (χ2n) is 4.59. The normalized spacial score (nSPS) is 12.1. The van der Waals surface area contributed by atoms with E-state index in [9.17, 15) is 9.59 Å². The van der Waals surface area contributed by atoms with Crippen LogP contribution in [0.15, 0.2) is 28.7 Å². The van der Waals surface area contributed by atoms with Gasteiger partial charge >= 0.3 is 5.97 Å². The number of rotatable bonds is 4. The summed E-state index contributed by atoms with van der Waals surface area (Å²) in [5.74, 6) is -1.68. The van der Waals surface area contributed by atoms with Crippen molar-refractivity contribution in [1.29, 1.82) is 0 Å². The minimum absolute atomic E-state index is 0.120. The molecule has 1 aromatic carbocycles. The van der Waals surface area contributed by atoms with E-state index >= 15 is 0 Å². The standard InChI is InChI=1S/C14H18BrNO3/c1-9(2)12(14(18)19-4)13(17)16(3)11-8-6-5-7-10(11)15/h5-9,12H,1-4H3. The Hall–Kier alpha value is -1.36. The number of nitrogens with zero attached hydrogens (tertiary/aromatic N) is 1. The number of methoxy groups -OCH3 is 1. The molecule has 0 radical (unpaired) electrons. The van der Waals surface area contributed by atoms with E-state index in [-0.39, 0.29) is 11.8 Å². The molecule has 19 heavy (non-hydrogen) atoms. The highest BCUT2D eigenvalue weighted by Gasteiger charge is 2.33. The first-order valence-corrected chi connectivity index (χ1v) is 6.79. The Morgan fingerprint density at radius 3 is 2.32 bits per heavy atom. The maximum absolute atomic E-state index is 12.4. The van der Waals surface area contributed by atoms with Crippen molar-refractivity contribution in [3.05, 3.63) is 28.7 Å². The van der Waals surface area contributed by atoms with E-state index in [0.29, 0.717) is 0 Å². The summed E-state index contributed by atoms with van der Waals surface area (Å²) in [5, 5.41) is 0. The number of esters is 1. The molecular formula is C14H18BrNO3. The van der Waals surface area contributed by atoms with Gasteiger partial charge in [-0.3, -0.25) is 9.59 Å². The molecule has 1 aromatic rings. The minimum atomic E-state index is -0.790. The second kappa shape index (κ2) is 6.70. The van der Waals surface area contributed by atoms with Gasteiger partial charge in [0.25, 0.3) is 0 Å². The fraction of sp³-hybridized carbons (Fsp3) is 0.429. The van der Waals surface area contributed by atoms with Gasteiger partial charge in [-0.05, 0) is 34.0 Å². The molecule has 0 saturated heterocycles. The van der Waals surface area contributed by atoms with Gasteiger partial charge in [-0.15, -0.1) is 0 Å². The van der Waals surface area contributed by atoms with Gasteiger partial charge in [-0.1, -0.05) is 26.0 Å². The van der Waals surface area contributed by atoms with Crippen LogP contribution in [0.5, 0.6) is 0 Å². The number of carbonyl (C=O) groups excluding carboxylic acids is 2. The molecule has 0 spiro atoms. The highest BCUT2D eigenvalue weighted by molar-refractivity contribution is 9.10. The van der Waals surface area contributed by atoms with Crippen LogP contribution in [0.3, 0.4) is 0 Å². The van der Waals surface area contributed by atoms with Crippen molar-refractivity contribution in [3.8, 4) is 0 Å². The Morgan fingerprint density at radius 2 is 1.84 bits per heavy atom.